The van der Waals surface area contributed by atoms with Gasteiger partial charge in [0.15, 0.2) is 0 Å². The smallest absolute Gasteiger partial charge is 0.307 e. The summed E-state index contributed by atoms with van der Waals surface area (Å²) in [6.07, 6.45) is 1.22. The van der Waals surface area contributed by atoms with Crippen molar-refractivity contribution in [2.45, 2.75) is 6.42 Å². The number of pyridine rings is 1. The van der Waals surface area contributed by atoms with E-state index in [0.717, 1.165) is 0 Å². The molecule has 0 radical (unpaired) electrons. The number of hydrogen-bond acceptors (Lipinski definition) is 2. The van der Waals surface area contributed by atoms with Gasteiger partial charge in [-0.1, -0.05) is 23.2 Å². The van der Waals surface area contributed by atoms with Gasteiger partial charge in [-0.2, -0.15) is 0 Å². The van der Waals surface area contributed by atoms with E-state index >= 15 is 0 Å². The summed E-state index contributed by atoms with van der Waals surface area (Å²) in [5.41, 5.74) is 0.355. The molecule has 0 spiro atoms. The molecule has 0 aliphatic carbocycles. The third kappa shape index (κ3) is 2.09. The van der Waals surface area contributed by atoms with Crippen LogP contribution < -0.4 is 0 Å². The number of halogens is 2. The van der Waals surface area contributed by atoms with Crippen LogP contribution in [0.25, 0.3) is 0 Å². The normalized spacial score (nSPS) is 9.83. The Balaban J connectivity index is 3.04. The molecule has 1 aromatic rings. The number of nitrogens with zero attached hydrogens (tertiary/aromatic N) is 1. The highest BCUT2D eigenvalue weighted by molar-refractivity contribution is 6.35. The van der Waals surface area contributed by atoms with Gasteiger partial charge >= 0.3 is 5.97 Å². The Morgan fingerprint density at radius 1 is 1.58 bits per heavy atom. The first-order valence-corrected chi connectivity index (χ1v) is 3.87. The standard InChI is InChI=1S/C7H5Cl2NO2/c8-5-1-2-10-7(9)4(5)3-6(11)12/h1-2H,3H2,(H,11,12). The predicted octanol–water partition coefficient (Wildman–Crippen LogP) is 2.02. The molecule has 12 heavy (non-hydrogen) atoms. The summed E-state index contributed by atoms with van der Waals surface area (Å²) in [6, 6.07) is 1.51. The predicted molar refractivity (Wildman–Crippen MR) is 45.6 cm³/mol. The molecule has 1 aromatic heterocycles. The molecule has 0 fully saturated rings. The van der Waals surface area contributed by atoms with Crippen molar-refractivity contribution in [2.75, 3.05) is 0 Å². The number of aromatic nitrogens is 1. The first kappa shape index (κ1) is 9.29. The van der Waals surface area contributed by atoms with E-state index in [1.165, 1.54) is 12.3 Å². The van der Waals surface area contributed by atoms with Gasteiger partial charge in [-0.15, -0.1) is 0 Å². The van der Waals surface area contributed by atoms with Crippen LogP contribution in [0.2, 0.25) is 10.2 Å². The zero-order chi connectivity index (χ0) is 9.14. The van der Waals surface area contributed by atoms with Crippen molar-refractivity contribution in [2.24, 2.45) is 0 Å². The Hall–Kier alpha value is -0.800. The zero-order valence-corrected chi connectivity index (χ0v) is 7.43. The molecule has 0 aromatic carbocycles. The second-order valence-electron chi connectivity index (χ2n) is 2.13. The average Bonchev–Trinajstić information content (AvgIpc) is 1.97. The van der Waals surface area contributed by atoms with E-state index in [-0.39, 0.29) is 11.6 Å². The van der Waals surface area contributed by atoms with Gasteiger partial charge in [0.1, 0.15) is 5.15 Å². The maximum absolute atomic E-state index is 10.3. The number of carboxylic acids is 1. The van der Waals surface area contributed by atoms with E-state index in [2.05, 4.69) is 4.98 Å². The van der Waals surface area contributed by atoms with Gasteiger partial charge in [0, 0.05) is 16.8 Å². The lowest BCUT2D eigenvalue weighted by atomic mass is 10.2. The van der Waals surface area contributed by atoms with Gasteiger partial charge in [-0.25, -0.2) is 4.98 Å². The largest absolute Gasteiger partial charge is 0.481 e. The number of carbonyl (C=O) groups is 1. The fourth-order valence-corrected chi connectivity index (χ4v) is 1.24. The van der Waals surface area contributed by atoms with Gasteiger partial charge in [-0.05, 0) is 6.07 Å². The molecule has 0 saturated carbocycles. The van der Waals surface area contributed by atoms with Crippen LogP contribution in [-0.4, -0.2) is 16.1 Å². The molecule has 5 heteroatoms. The zero-order valence-electron chi connectivity index (χ0n) is 5.92. The molecule has 1 rings (SSSR count). The van der Waals surface area contributed by atoms with Crippen molar-refractivity contribution in [3.05, 3.63) is 28.0 Å². The number of rotatable bonds is 2. The van der Waals surface area contributed by atoms with Crippen molar-refractivity contribution in [3.63, 3.8) is 0 Å². The summed E-state index contributed by atoms with van der Waals surface area (Å²) in [7, 11) is 0. The molecular formula is C7H5Cl2NO2. The Morgan fingerprint density at radius 2 is 2.25 bits per heavy atom. The lowest BCUT2D eigenvalue weighted by Gasteiger charge is -2.01. The van der Waals surface area contributed by atoms with E-state index in [1.54, 1.807) is 0 Å². The Bertz CT molecular complexity index is 294. The molecular weight excluding hydrogens is 201 g/mol. The van der Waals surface area contributed by atoms with Crippen LogP contribution in [0, 0.1) is 0 Å². The minimum absolute atomic E-state index is 0.143. The van der Waals surface area contributed by atoms with Crippen LogP contribution in [0.4, 0.5) is 0 Å². The average molecular weight is 206 g/mol. The third-order valence-electron chi connectivity index (χ3n) is 1.27. The molecule has 3 nitrogen and oxygen atoms in total. The van der Waals surface area contributed by atoms with Crippen molar-refractivity contribution in [3.8, 4) is 0 Å². The van der Waals surface area contributed by atoms with Gasteiger partial charge in [0.2, 0.25) is 0 Å². The van der Waals surface area contributed by atoms with Crippen LogP contribution in [0.1, 0.15) is 5.56 Å². The van der Waals surface area contributed by atoms with E-state index in [4.69, 9.17) is 28.3 Å². The number of carboxylic acid groups (broad SMARTS) is 1. The van der Waals surface area contributed by atoms with Crippen LogP contribution in [0.3, 0.4) is 0 Å². The third-order valence-corrected chi connectivity index (χ3v) is 1.95. The SMILES string of the molecule is O=C(O)Cc1c(Cl)ccnc1Cl. The second-order valence-corrected chi connectivity index (χ2v) is 2.90. The first-order valence-electron chi connectivity index (χ1n) is 3.12. The molecule has 0 atom stereocenters. The van der Waals surface area contributed by atoms with Crippen molar-refractivity contribution >= 4 is 29.2 Å². The Labute approximate surface area is 78.9 Å². The maximum atomic E-state index is 10.3. The number of aliphatic carboxylic acids is 1. The highest BCUT2D eigenvalue weighted by Gasteiger charge is 2.09. The van der Waals surface area contributed by atoms with Gasteiger partial charge < -0.3 is 5.11 Å². The van der Waals surface area contributed by atoms with Gasteiger partial charge in [-0.3, -0.25) is 4.79 Å². The summed E-state index contributed by atoms with van der Waals surface area (Å²) in [5, 5.41) is 8.95. The topological polar surface area (TPSA) is 50.2 Å². The van der Waals surface area contributed by atoms with E-state index < -0.39 is 5.97 Å². The Morgan fingerprint density at radius 3 is 2.75 bits per heavy atom. The molecule has 0 aliphatic heterocycles. The van der Waals surface area contributed by atoms with E-state index in [1.807, 2.05) is 0 Å². The molecule has 1 heterocycles. The van der Waals surface area contributed by atoms with Crippen LogP contribution in [0.15, 0.2) is 12.3 Å². The molecule has 0 amide bonds. The monoisotopic (exact) mass is 205 g/mol. The lowest BCUT2D eigenvalue weighted by molar-refractivity contribution is -0.136. The molecule has 0 saturated heterocycles. The molecule has 0 unspecified atom stereocenters. The number of hydrogen-bond donors (Lipinski definition) is 1. The first-order chi connectivity index (χ1) is 5.61. The van der Waals surface area contributed by atoms with Crippen LogP contribution in [-0.2, 0) is 11.2 Å². The molecule has 64 valence electrons. The summed E-state index contributed by atoms with van der Waals surface area (Å²) >= 11 is 11.3. The second kappa shape index (κ2) is 3.74. The minimum Gasteiger partial charge on any atom is -0.481 e. The van der Waals surface area contributed by atoms with Gasteiger partial charge in [0.25, 0.3) is 0 Å². The van der Waals surface area contributed by atoms with Gasteiger partial charge in [0.05, 0.1) is 6.42 Å². The molecule has 0 bridgehead atoms. The van der Waals surface area contributed by atoms with Crippen LogP contribution >= 0.6 is 23.2 Å². The van der Waals surface area contributed by atoms with Crippen LogP contribution in [0.5, 0.6) is 0 Å². The molecule has 1 N–H and O–H groups in total. The fourth-order valence-electron chi connectivity index (χ4n) is 0.754. The van der Waals surface area contributed by atoms with Crippen molar-refractivity contribution in [1.29, 1.82) is 0 Å². The minimum atomic E-state index is -0.980. The lowest BCUT2D eigenvalue weighted by Crippen LogP contribution is -2.02. The summed E-state index contributed by atoms with van der Waals surface area (Å²) in [6.45, 7) is 0. The summed E-state index contributed by atoms with van der Waals surface area (Å²) in [4.78, 5) is 14.0. The highest BCUT2D eigenvalue weighted by Crippen LogP contribution is 2.22. The van der Waals surface area contributed by atoms with E-state index in [0.29, 0.717) is 10.6 Å². The summed E-state index contributed by atoms with van der Waals surface area (Å²) in [5.74, 6) is -0.980. The van der Waals surface area contributed by atoms with E-state index in [9.17, 15) is 4.79 Å². The fraction of sp³-hybridized carbons (Fsp3) is 0.143. The molecule has 0 aliphatic rings. The Kier molecular flexibility index (Phi) is 2.89. The maximum Gasteiger partial charge on any atom is 0.307 e. The van der Waals surface area contributed by atoms with Crippen molar-refractivity contribution < 1.29 is 9.90 Å². The van der Waals surface area contributed by atoms with Crippen molar-refractivity contribution in [1.82, 2.24) is 4.98 Å². The summed E-state index contributed by atoms with van der Waals surface area (Å²) < 4.78 is 0. The highest BCUT2D eigenvalue weighted by atomic mass is 35.5. The quantitative estimate of drug-likeness (QED) is 0.753.